The van der Waals surface area contributed by atoms with Crippen LogP contribution in [0.2, 0.25) is 5.02 Å². The van der Waals surface area contributed by atoms with Crippen LogP contribution in [0.1, 0.15) is 11.4 Å². The van der Waals surface area contributed by atoms with E-state index in [0.29, 0.717) is 12.2 Å². The monoisotopic (exact) mass is 289 g/mol. The van der Waals surface area contributed by atoms with E-state index < -0.39 is 5.82 Å². The lowest BCUT2D eigenvalue weighted by molar-refractivity contribution is 0.628. The third-order valence-corrected chi connectivity index (χ3v) is 3.52. The highest BCUT2D eigenvalue weighted by Crippen LogP contribution is 2.20. The lowest BCUT2D eigenvalue weighted by Crippen LogP contribution is -2.04. The Hall–Kier alpha value is -2.07. The summed E-state index contributed by atoms with van der Waals surface area (Å²) in [6.07, 6.45) is 1.97. The molecule has 0 aliphatic rings. The summed E-state index contributed by atoms with van der Waals surface area (Å²) in [4.78, 5) is 4.48. The molecule has 3 aromatic rings. The first kappa shape index (κ1) is 12.9. The maximum atomic E-state index is 13.4. The largest absolute Gasteiger partial charge is 0.379 e. The van der Waals surface area contributed by atoms with Gasteiger partial charge in [-0.15, -0.1) is 0 Å². The smallest absolute Gasteiger partial charge is 0.143 e. The Morgan fingerprint density at radius 3 is 2.95 bits per heavy atom. The van der Waals surface area contributed by atoms with Gasteiger partial charge in [-0.2, -0.15) is 0 Å². The molecule has 2 heterocycles. The Bertz CT molecular complexity index is 767. The van der Waals surface area contributed by atoms with E-state index >= 15 is 0 Å². The van der Waals surface area contributed by atoms with Crippen LogP contribution in [0.4, 0.5) is 10.1 Å². The quantitative estimate of drug-likeness (QED) is 0.788. The molecular weight excluding hydrogens is 277 g/mol. The van der Waals surface area contributed by atoms with Gasteiger partial charge >= 0.3 is 0 Å². The zero-order chi connectivity index (χ0) is 14.1. The number of anilines is 1. The number of aryl methyl sites for hydroxylation is 1. The molecule has 0 radical (unpaired) electrons. The molecule has 102 valence electrons. The molecule has 1 aromatic carbocycles. The van der Waals surface area contributed by atoms with E-state index in [2.05, 4.69) is 10.3 Å². The first-order valence-corrected chi connectivity index (χ1v) is 6.64. The summed E-state index contributed by atoms with van der Waals surface area (Å²) < 4.78 is 15.4. The molecule has 3 nitrogen and oxygen atoms in total. The van der Waals surface area contributed by atoms with Gasteiger partial charge in [-0.1, -0.05) is 17.7 Å². The highest BCUT2D eigenvalue weighted by atomic mass is 35.5. The molecule has 0 unspecified atom stereocenters. The molecule has 20 heavy (non-hydrogen) atoms. The number of aromatic nitrogens is 2. The molecule has 0 saturated heterocycles. The maximum absolute atomic E-state index is 13.4. The minimum absolute atomic E-state index is 0.126. The Kier molecular flexibility index (Phi) is 3.32. The Morgan fingerprint density at radius 1 is 1.30 bits per heavy atom. The van der Waals surface area contributed by atoms with E-state index in [9.17, 15) is 4.39 Å². The molecule has 0 aliphatic heterocycles. The molecule has 0 bridgehead atoms. The van der Waals surface area contributed by atoms with Gasteiger partial charge in [-0.3, -0.25) is 0 Å². The molecule has 0 atom stereocenters. The molecule has 0 saturated carbocycles. The lowest BCUT2D eigenvalue weighted by atomic mass is 10.3. The number of benzene rings is 1. The number of nitrogens with zero attached hydrogens (tertiary/aromatic N) is 2. The molecule has 3 rings (SSSR count). The summed E-state index contributed by atoms with van der Waals surface area (Å²) in [6, 6.07) is 10.6. The van der Waals surface area contributed by atoms with Crippen LogP contribution in [-0.4, -0.2) is 9.38 Å². The summed E-state index contributed by atoms with van der Waals surface area (Å²) in [5.74, 6) is -0.425. The van der Waals surface area contributed by atoms with Crippen molar-refractivity contribution in [3.05, 3.63) is 64.8 Å². The van der Waals surface area contributed by atoms with Crippen molar-refractivity contribution in [2.45, 2.75) is 13.5 Å². The Balaban J connectivity index is 1.86. The van der Waals surface area contributed by atoms with Gasteiger partial charge in [0.1, 0.15) is 11.5 Å². The third kappa shape index (κ3) is 2.34. The SMILES string of the molecule is Cc1nc2ccccn2c1CNc1ccc(Cl)c(F)c1. The van der Waals surface area contributed by atoms with Crippen molar-refractivity contribution < 1.29 is 4.39 Å². The average molecular weight is 290 g/mol. The number of hydrogen-bond acceptors (Lipinski definition) is 2. The number of pyridine rings is 1. The van der Waals surface area contributed by atoms with Crippen LogP contribution in [0.15, 0.2) is 42.6 Å². The van der Waals surface area contributed by atoms with Crippen molar-refractivity contribution in [2.75, 3.05) is 5.32 Å². The summed E-state index contributed by atoms with van der Waals surface area (Å²) >= 11 is 5.67. The van der Waals surface area contributed by atoms with E-state index in [4.69, 9.17) is 11.6 Å². The summed E-state index contributed by atoms with van der Waals surface area (Å²) in [6.45, 7) is 2.53. The zero-order valence-corrected chi connectivity index (χ0v) is 11.7. The number of hydrogen-bond donors (Lipinski definition) is 1. The van der Waals surface area contributed by atoms with Crippen molar-refractivity contribution in [2.24, 2.45) is 0 Å². The van der Waals surface area contributed by atoms with Crippen LogP contribution < -0.4 is 5.32 Å². The Labute approximate surface area is 121 Å². The van der Waals surface area contributed by atoms with Crippen molar-refractivity contribution in [1.29, 1.82) is 0 Å². The van der Waals surface area contributed by atoms with Crippen molar-refractivity contribution in [3.8, 4) is 0 Å². The van der Waals surface area contributed by atoms with Gasteiger partial charge < -0.3 is 9.72 Å². The number of nitrogens with one attached hydrogen (secondary N) is 1. The predicted molar refractivity (Wildman–Crippen MR) is 78.7 cm³/mol. The molecular formula is C15H13ClFN3. The number of rotatable bonds is 3. The van der Waals surface area contributed by atoms with E-state index in [1.165, 1.54) is 6.07 Å². The minimum Gasteiger partial charge on any atom is -0.379 e. The van der Waals surface area contributed by atoms with Crippen LogP contribution in [0.25, 0.3) is 5.65 Å². The molecule has 5 heteroatoms. The summed E-state index contributed by atoms with van der Waals surface area (Å²) in [7, 11) is 0. The molecule has 0 spiro atoms. The van der Waals surface area contributed by atoms with E-state index in [1.807, 2.05) is 35.7 Å². The number of fused-ring (bicyclic) bond motifs is 1. The fourth-order valence-electron chi connectivity index (χ4n) is 2.17. The predicted octanol–water partition coefficient (Wildman–Crippen LogP) is 4.05. The van der Waals surface area contributed by atoms with Gasteiger partial charge in [0.05, 0.1) is 23.0 Å². The van der Waals surface area contributed by atoms with Gasteiger partial charge in [-0.25, -0.2) is 9.37 Å². The second kappa shape index (κ2) is 5.13. The molecule has 0 aliphatic carbocycles. The van der Waals surface area contributed by atoms with Gasteiger partial charge in [0, 0.05) is 11.9 Å². The van der Waals surface area contributed by atoms with Gasteiger partial charge in [0.25, 0.3) is 0 Å². The summed E-state index contributed by atoms with van der Waals surface area (Å²) in [5.41, 5.74) is 3.61. The highest BCUT2D eigenvalue weighted by molar-refractivity contribution is 6.30. The van der Waals surface area contributed by atoms with Crippen LogP contribution in [-0.2, 0) is 6.54 Å². The normalized spacial score (nSPS) is 10.9. The van der Waals surface area contributed by atoms with Crippen molar-refractivity contribution in [3.63, 3.8) is 0 Å². The fourth-order valence-corrected chi connectivity index (χ4v) is 2.29. The first-order valence-electron chi connectivity index (χ1n) is 6.26. The lowest BCUT2D eigenvalue weighted by Gasteiger charge is -2.08. The van der Waals surface area contributed by atoms with Crippen LogP contribution >= 0.6 is 11.6 Å². The molecule has 0 fully saturated rings. The first-order chi connectivity index (χ1) is 9.65. The second-order valence-corrected chi connectivity index (χ2v) is 4.96. The molecule has 2 aromatic heterocycles. The van der Waals surface area contributed by atoms with Crippen LogP contribution in [0.3, 0.4) is 0 Å². The van der Waals surface area contributed by atoms with E-state index in [-0.39, 0.29) is 5.02 Å². The van der Waals surface area contributed by atoms with Gasteiger partial charge in [-0.05, 0) is 37.3 Å². The van der Waals surface area contributed by atoms with E-state index in [0.717, 1.165) is 17.0 Å². The minimum atomic E-state index is -0.425. The molecule has 1 N–H and O–H groups in total. The standard InChI is InChI=1S/C15H13ClFN3/c1-10-14(20-7-3-2-4-15(20)19-10)9-18-11-5-6-12(16)13(17)8-11/h2-8,18H,9H2,1H3. The zero-order valence-electron chi connectivity index (χ0n) is 10.9. The van der Waals surface area contributed by atoms with Gasteiger partial charge in [0.2, 0.25) is 0 Å². The third-order valence-electron chi connectivity index (χ3n) is 3.21. The topological polar surface area (TPSA) is 29.3 Å². The van der Waals surface area contributed by atoms with Crippen LogP contribution in [0, 0.1) is 12.7 Å². The summed E-state index contributed by atoms with van der Waals surface area (Å²) in [5, 5.41) is 3.32. The number of halogens is 2. The number of imidazole rings is 1. The van der Waals surface area contributed by atoms with Crippen molar-refractivity contribution >= 4 is 22.9 Å². The second-order valence-electron chi connectivity index (χ2n) is 4.56. The highest BCUT2D eigenvalue weighted by Gasteiger charge is 2.08. The molecule has 0 amide bonds. The van der Waals surface area contributed by atoms with E-state index in [1.54, 1.807) is 12.1 Å². The fraction of sp³-hybridized carbons (Fsp3) is 0.133. The average Bonchev–Trinajstić information content (AvgIpc) is 2.76. The van der Waals surface area contributed by atoms with Crippen LogP contribution in [0.5, 0.6) is 0 Å². The van der Waals surface area contributed by atoms with Gasteiger partial charge in [0.15, 0.2) is 0 Å². The maximum Gasteiger partial charge on any atom is 0.143 e. The Morgan fingerprint density at radius 2 is 2.15 bits per heavy atom. The van der Waals surface area contributed by atoms with Crippen molar-refractivity contribution in [1.82, 2.24) is 9.38 Å².